The smallest absolute Gasteiger partial charge is 0.138 e. The standard InChI is InChI=1S/C20H30O3/c1-6-19(4)16(22)11-13-12(17(19)23)7-8-14-18(2,3)15(21)9-10-20(13,14)5/h6,14,16-17,22-23H,1,7-11H2,2-5H3/t14-,16-,17+,19-,20+/m0/s1. The van der Waals surface area contributed by atoms with Crippen molar-refractivity contribution in [3.63, 3.8) is 0 Å². The molecule has 0 bridgehead atoms. The second kappa shape index (κ2) is 5.03. The van der Waals surface area contributed by atoms with Crippen molar-refractivity contribution < 1.29 is 15.0 Å². The first kappa shape index (κ1) is 16.9. The van der Waals surface area contributed by atoms with E-state index in [-0.39, 0.29) is 10.8 Å². The summed E-state index contributed by atoms with van der Waals surface area (Å²) in [5.74, 6) is 0.652. The summed E-state index contributed by atoms with van der Waals surface area (Å²) < 4.78 is 0. The van der Waals surface area contributed by atoms with Gasteiger partial charge >= 0.3 is 0 Å². The summed E-state index contributed by atoms with van der Waals surface area (Å²) in [6, 6.07) is 0. The maximum Gasteiger partial charge on any atom is 0.138 e. The van der Waals surface area contributed by atoms with Crippen molar-refractivity contribution >= 4 is 5.78 Å². The Hall–Kier alpha value is -0.930. The average Bonchev–Trinajstić information content (AvgIpc) is 2.50. The van der Waals surface area contributed by atoms with Crippen LogP contribution in [0.2, 0.25) is 0 Å². The predicted octanol–water partition coefficient (Wildman–Crippen LogP) is 3.41. The fourth-order valence-electron chi connectivity index (χ4n) is 5.60. The number of carbonyl (C=O) groups is 1. The lowest BCUT2D eigenvalue weighted by atomic mass is 9.47. The van der Waals surface area contributed by atoms with Crippen LogP contribution in [0.4, 0.5) is 0 Å². The molecule has 23 heavy (non-hydrogen) atoms. The number of hydrogen-bond acceptors (Lipinski definition) is 3. The van der Waals surface area contributed by atoms with Crippen LogP contribution >= 0.6 is 0 Å². The van der Waals surface area contributed by atoms with Crippen LogP contribution in [0.25, 0.3) is 0 Å². The number of fused-ring (bicyclic) bond motifs is 2. The van der Waals surface area contributed by atoms with Crippen LogP contribution in [0, 0.1) is 22.2 Å². The van der Waals surface area contributed by atoms with E-state index >= 15 is 0 Å². The van der Waals surface area contributed by atoms with E-state index in [9.17, 15) is 15.0 Å². The van der Waals surface area contributed by atoms with Crippen LogP contribution in [0.5, 0.6) is 0 Å². The van der Waals surface area contributed by atoms with Gasteiger partial charge in [0.2, 0.25) is 0 Å². The molecule has 0 saturated heterocycles. The highest BCUT2D eigenvalue weighted by Crippen LogP contribution is 2.62. The molecule has 0 unspecified atom stereocenters. The third kappa shape index (κ3) is 2.05. The van der Waals surface area contributed by atoms with Crippen LogP contribution in [0.3, 0.4) is 0 Å². The lowest BCUT2D eigenvalue weighted by Crippen LogP contribution is -2.55. The molecule has 1 saturated carbocycles. The zero-order valence-electron chi connectivity index (χ0n) is 14.9. The van der Waals surface area contributed by atoms with E-state index in [0.29, 0.717) is 24.5 Å². The summed E-state index contributed by atoms with van der Waals surface area (Å²) >= 11 is 0. The van der Waals surface area contributed by atoms with Gasteiger partial charge in [0, 0.05) is 17.3 Å². The molecule has 3 nitrogen and oxygen atoms in total. The molecule has 3 aliphatic rings. The highest BCUT2D eigenvalue weighted by Gasteiger charge is 2.57. The largest absolute Gasteiger partial charge is 0.392 e. The van der Waals surface area contributed by atoms with Gasteiger partial charge in [0.15, 0.2) is 0 Å². The highest BCUT2D eigenvalue weighted by atomic mass is 16.3. The van der Waals surface area contributed by atoms with Gasteiger partial charge in [0.05, 0.1) is 12.2 Å². The number of rotatable bonds is 1. The van der Waals surface area contributed by atoms with Crippen LogP contribution < -0.4 is 0 Å². The van der Waals surface area contributed by atoms with Crippen molar-refractivity contribution in [3.05, 3.63) is 23.8 Å². The lowest BCUT2D eigenvalue weighted by Gasteiger charge is -2.57. The van der Waals surface area contributed by atoms with E-state index in [1.807, 2.05) is 6.92 Å². The number of ketones is 1. The number of Topliss-reactive ketones (excluding diaryl/α,β-unsaturated/α-hetero) is 1. The molecule has 128 valence electrons. The fourth-order valence-corrected chi connectivity index (χ4v) is 5.60. The lowest BCUT2D eigenvalue weighted by molar-refractivity contribution is -0.140. The third-order valence-corrected chi connectivity index (χ3v) is 7.48. The Kier molecular flexibility index (Phi) is 3.70. The van der Waals surface area contributed by atoms with Gasteiger partial charge in [-0.05, 0) is 42.6 Å². The summed E-state index contributed by atoms with van der Waals surface area (Å²) in [5, 5.41) is 21.6. The summed E-state index contributed by atoms with van der Waals surface area (Å²) in [7, 11) is 0. The Morgan fingerprint density at radius 2 is 1.83 bits per heavy atom. The SMILES string of the molecule is C=C[C@]1(C)[C@H](O)C2=C(C[C@@H]1O)[C@@]1(C)CCC(=O)C(C)(C)[C@@H]1CC2. The minimum absolute atomic E-state index is 0.0878. The quantitative estimate of drug-likeness (QED) is 0.729. The predicted molar refractivity (Wildman–Crippen MR) is 90.8 cm³/mol. The molecule has 3 aliphatic carbocycles. The molecule has 0 aromatic rings. The van der Waals surface area contributed by atoms with E-state index in [2.05, 4.69) is 27.4 Å². The molecule has 0 aromatic heterocycles. The molecule has 0 spiro atoms. The number of hydrogen-bond donors (Lipinski definition) is 2. The van der Waals surface area contributed by atoms with E-state index in [1.54, 1.807) is 6.08 Å². The molecular weight excluding hydrogens is 288 g/mol. The Morgan fingerprint density at radius 3 is 2.43 bits per heavy atom. The van der Waals surface area contributed by atoms with Crippen molar-refractivity contribution in [1.29, 1.82) is 0 Å². The van der Waals surface area contributed by atoms with E-state index in [1.165, 1.54) is 5.57 Å². The first-order chi connectivity index (χ1) is 10.6. The number of aliphatic hydroxyl groups excluding tert-OH is 2. The zero-order valence-corrected chi connectivity index (χ0v) is 14.9. The monoisotopic (exact) mass is 318 g/mol. The van der Waals surface area contributed by atoms with Gasteiger partial charge < -0.3 is 10.2 Å². The molecule has 1 fully saturated rings. The van der Waals surface area contributed by atoms with Crippen molar-refractivity contribution in [1.82, 2.24) is 0 Å². The Bertz CT molecular complexity index is 588. The Morgan fingerprint density at radius 1 is 1.17 bits per heavy atom. The Labute approximate surface area is 139 Å². The summed E-state index contributed by atoms with van der Waals surface area (Å²) in [6.07, 6.45) is 4.20. The van der Waals surface area contributed by atoms with E-state index in [0.717, 1.165) is 24.8 Å². The van der Waals surface area contributed by atoms with Gasteiger partial charge in [-0.2, -0.15) is 0 Å². The van der Waals surface area contributed by atoms with Crippen molar-refractivity contribution in [3.8, 4) is 0 Å². The van der Waals surface area contributed by atoms with Gasteiger partial charge in [-0.25, -0.2) is 0 Å². The maximum absolute atomic E-state index is 12.4. The molecule has 5 atom stereocenters. The van der Waals surface area contributed by atoms with Crippen molar-refractivity contribution in [2.24, 2.45) is 22.2 Å². The minimum atomic E-state index is -0.679. The van der Waals surface area contributed by atoms with Crippen LogP contribution in [0.15, 0.2) is 23.8 Å². The van der Waals surface area contributed by atoms with Gasteiger partial charge in [-0.3, -0.25) is 4.79 Å². The average molecular weight is 318 g/mol. The number of carbonyl (C=O) groups excluding carboxylic acids is 1. The normalized spacial score (nSPS) is 46.2. The second-order valence-electron chi connectivity index (χ2n) is 8.85. The zero-order chi connectivity index (χ0) is 17.2. The van der Waals surface area contributed by atoms with Gasteiger partial charge in [-0.1, -0.05) is 39.3 Å². The van der Waals surface area contributed by atoms with Crippen LogP contribution in [0.1, 0.15) is 59.8 Å². The molecule has 0 radical (unpaired) electrons. The maximum atomic E-state index is 12.4. The first-order valence-electron chi connectivity index (χ1n) is 8.84. The Balaban J connectivity index is 2.10. The van der Waals surface area contributed by atoms with Crippen LogP contribution in [-0.2, 0) is 4.79 Å². The topological polar surface area (TPSA) is 57.5 Å². The molecular formula is C20H30O3. The molecule has 3 heteroatoms. The van der Waals surface area contributed by atoms with Gasteiger partial charge in [-0.15, -0.1) is 6.58 Å². The highest BCUT2D eigenvalue weighted by molar-refractivity contribution is 5.85. The molecule has 3 rings (SSSR count). The second-order valence-corrected chi connectivity index (χ2v) is 8.85. The van der Waals surface area contributed by atoms with E-state index in [4.69, 9.17) is 0 Å². The minimum Gasteiger partial charge on any atom is -0.392 e. The van der Waals surface area contributed by atoms with E-state index < -0.39 is 17.6 Å². The third-order valence-electron chi connectivity index (χ3n) is 7.48. The first-order valence-corrected chi connectivity index (χ1v) is 8.84. The summed E-state index contributed by atoms with van der Waals surface area (Å²) in [4.78, 5) is 12.4. The molecule has 0 aliphatic heterocycles. The van der Waals surface area contributed by atoms with Crippen LogP contribution in [-0.4, -0.2) is 28.2 Å². The molecule has 0 amide bonds. The van der Waals surface area contributed by atoms with Gasteiger partial charge in [0.25, 0.3) is 0 Å². The van der Waals surface area contributed by atoms with Gasteiger partial charge in [0.1, 0.15) is 5.78 Å². The van der Waals surface area contributed by atoms with Crippen molar-refractivity contribution in [2.45, 2.75) is 72.0 Å². The summed E-state index contributed by atoms with van der Waals surface area (Å²) in [5.41, 5.74) is 1.23. The molecule has 0 aromatic carbocycles. The number of aliphatic hydroxyl groups is 2. The fraction of sp³-hybridized carbons (Fsp3) is 0.750. The summed E-state index contributed by atoms with van der Waals surface area (Å²) in [6.45, 7) is 12.1. The molecule has 0 heterocycles. The van der Waals surface area contributed by atoms with Crippen molar-refractivity contribution in [2.75, 3.05) is 0 Å². The molecule has 2 N–H and O–H groups in total.